The second-order valence-electron chi connectivity index (χ2n) is 6.72. The van der Waals surface area contributed by atoms with E-state index >= 15 is 0 Å². The Hall–Kier alpha value is -0.860. The normalized spacial score (nSPS) is 32.6. The fraction of sp³-hybridized carbons (Fsp3) is 0.667. The van der Waals surface area contributed by atoms with E-state index in [-0.39, 0.29) is 5.92 Å². The van der Waals surface area contributed by atoms with Crippen molar-refractivity contribution in [3.05, 3.63) is 35.9 Å². The minimum absolute atomic E-state index is 0.235. The van der Waals surface area contributed by atoms with E-state index in [1.807, 2.05) is 0 Å². The first-order valence-corrected chi connectivity index (χ1v) is 8.20. The predicted octanol–water partition coefficient (Wildman–Crippen LogP) is 3.42. The average Bonchev–Trinajstić information content (AvgIpc) is 3.11. The smallest absolute Gasteiger partial charge is 0.0753 e. The molecular formula is C18H27NO. The average molecular weight is 273 g/mol. The van der Waals surface area contributed by atoms with E-state index in [1.165, 1.54) is 44.3 Å². The molecule has 3 unspecified atom stereocenters. The van der Waals surface area contributed by atoms with E-state index in [2.05, 4.69) is 42.2 Å². The maximum atomic E-state index is 11.3. The molecule has 1 aliphatic carbocycles. The Morgan fingerprint density at radius 2 is 1.90 bits per heavy atom. The summed E-state index contributed by atoms with van der Waals surface area (Å²) in [6, 6.07) is 10.5. The van der Waals surface area contributed by atoms with Crippen LogP contribution in [0.2, 0.25) is 0 Å². The lowest BCUT2D eigenvalue weighted by atomic mass is 9.76. The highest BCUT2D eigenvalue weighted by molar-refractivity contribution is 5.23. The van der Waals surface area contributed by atoms with Gasteiger partial charge in [0.2, 0.25) is 0 Å². The first-order valence-electron chi connectivity index (χ1n) is 8.20. The maximum Gasteiger partial charge on any atom is 0.0753 e. The van der Waals surface area contributed by atoms with Crippen LogP contribution < -0.4 is 0 Å². The molecule has 0 bridgehead atoms. The van der Waals surface area contributed by atoms with Gasteiger partial charge in [-0.25, -0.2) is 0 Å². The Morgan fingerprint density at radius 1 is 1.20 bits per heavy atom. The summed E-state index contributed by atoms with van der Waals surface area (Å²) >= 11 is 0. The molecule has 2 heteroatoms. The minimum atomic E-state index is -0.510. The van der Waals surface area contributed by atoms with Gasteiger partial charge in [-0.05, 0) is 44.3 Å². The van der Waals surface area contributed by atoms with Gasteiger partial charge in [-0.3, -0.25) is 0 Å². The third-order valence-electron chi connectivity index (χ3n) is 5.56. The molecule has 0 spiro atoms. The Labute approximate surface area is 122 Å². The van der Waals surface area contributed by atoms with Gasteiger partial charge in [0.05, 0.1) is 5.60 Å². The van der Waals surface area contributed by atoms with Crippen LogP contribution in [0.5, 0.6) is 0 Å². The molecule has 1 saturated heterocycles. The zero-order chi connectivity index (χ0) is 14.0. The minimum Gasteiger partial charge on any atom is -0.389 e. The van der Waals surface area contributed by atoms with Crippen LogP contribution in [0.1, 0.15) is 50.5 Å². The monoisotopic (exact) mass is 273 g/mol. The van der Waals surface area contributed by atoms with E-state index < -0.39 is 5.60 Å². The lowest BCUT2D eigenvalue weighted by Crippen LogP contribution is -2.44. The summed E-state index contributed by atoms with van der Waals surface area (Å²) in [5, 5.41) is 11.3. The van der Waals surface area contributed by atoms with Crippen LogP contribution in [0.15, 0.2) is 30.3 Å². The molecule has 20 heavy (non-hydrogen) atoms. The van der Waals surface area contributed by atoms with E-state index in [0.717, 1.165) is 13.0 Å². The van der Waals surface area contributed by atoms with E-state index in [9.17, 15) is 5.11 Å². The van der Waals surface area contributed by atoms with Crippen molar-refractivity contribution < 1.29 is 5.11 Å². The van der Waals surface area contributed by atoms with Crippen LogP contribution in [0.25, 0.3) is 0 Å². The summed E-state index contributed by atoms with van der Waals surface area (Å²) in [5.74, 6) is 0.676. The number of aliphatic hydroxyl groups is 1. The molecule has 1 aromatic carbocycles. The van der Waals surface area contributed by atoms with Gasteiger partial charge in [-0.1, -0.05) is 43.7 Å². The van der Waals surface area contributed by atoms with Crippen LogP contribution in [0.4, 0.5) is 0 Å². The molecule has 2 aliphatic rings. The van der Waals surface area contributed by atoms with Crippen LogP contribution >= 0.6 is 0 Å². The summed E-state index contributed by atoms with van der Waals surface area (Å²) in [5.41, 5.74) is 0.771. The number of hydrogen-bond acceptors (Lipinski definition) is 2. The molecule has 110 valence electrons. The fourth-order valence-corrected chi connectivity index (χ4v) is 4.21. The number of rotatable bonds is 4. The Bertz CT molecular complexity index is 426. The van der Waals surface area contributed by atoms with Crippen molar-refractivity contribution in [1.82, 2.24) is 4.90 Å². The molecule has 0 aromatic heterocycles. The molecule has 3 rings (SSSR count). The molecule has 2 nitrogen and oxygen atoms in total. The van der Waals surface area contributed by atoms with Crippen LogP contribution in [0.3, 0.4) is 0 Å². The van der Waals surface area contributed by atoms with E-state index in [4.69, 9.17) is 0 Å². The molecule has 0 radical (unpaired) electrons. The highest BCUT2D eigenvalue weighted by Crippen LogP contribution is 2.45. The van der Waals surface area contributed by atoms with Crippen molar-refractivity contribution in [2.45, 2.75) is 50.5 Å². The summed E-state index contributed by atoms with van der Waals surface area (Å²) in [6.45, 7) is 5.75. The molecule has 2 fully saturated rings. The Morgan fingerprint density at radius 3 is 2.60 bits per heavy atom. The lowest BCUT2D eigenvalue weighted by molar-refractivity contribution is -0.0284. The van der Waals surface area contributed by atoms with Crippen LogP contribution in [-0.4, -0.2) is 35.2 Å². The van der Waals surface area contributed by atoms with Gasteiger partial charge in [-0.15, -0.1) is 0 Å². The molecule has 1 N–H and O–H groups in total. The summed E-state index contributed by atoms with van der Waals surface area (Å²) < 4.78 is 0. The van der Waals surface area contributed by atoms with Crippen LogP contribution in [-0.2, 0) is 0 Å². The van der Waals surface area contributed by atoms with Crippen molar-refractivity contribution in [2.24, 2.45) is 5.92 Å². The maximum absolute atomic E-state index is 11.3. The number of nitrogens with zero attached hydrogens (tertiary/aromatic N) is 1. The van der Waals surface area contributed by atoms with Crippen molar-refractivity contribution >= 4 is 0 Å². The zero-order valence-corrected chi connectivity index (χ0v) is 12.6. The molecule has 3 atom stereocenters. The van der Waals surface area contributed by atoms with Gasteiger partial charge in [0.15, 0.2) is 0 Å². The summed E-state index contributed by atoms with van der Waals surface area (Å²) in [7, 11) is 0. The third kappa shape index (κ3) is 2.64. The van der Waals surface area contributed by atoms with E-state index in [1.54, 1.807) is 0 Å². The number of benzene rings is 1. The number of likely N-dealkylation sites (tertiary alicyclic amines) is 1. The van der Waals surface area contributed by atoms with Crippen molar-refractivity contribution in [3.63, 3.8) is 0 Å². The lowest BCUT2D eigenvalue weighted by Gasteiger charge is -2.38. The van der Waals surface area contributed by atoms with Crippen molar-refractivity contribution in [2.75, 3.05) is 19.6 Å². The highest BCUT2D eigenvalue weighted by atomic mass is 16.3. The SMILES string of the molecule is CC(c1ccccc1)C1(O)CCCC1CN1CCCC1. The molecule has 0 amide bonds. The third-order valence-corrected chi connectivity index (χ3v) is 5.56. The van der Waals surface area contributed by atoms with Gasteiger partial charge in [0.25, 0.3) is 0 Å². The second kappa shape index (κ2) is 5.87. The summed E-state index contributed by atoms with van der Waals surface area (Å²) in [6.07, 6.45) is 5.98. The predicted molar refractivity (Wildman–Crippen MR) is 82.8 cm³/mol. The Kier molecular flexibility index (Phi) is 4.13. The standard InChI is InChI=1S/C18H27NO/c1-15(16-8-3-2-4-9-16)18(20)11-7-10-17(18)14-19-12-5-6-13-19/h2-4,8-9,15,17,20H,5-7,10-14H2,1H3. The Balaban J connectivity index is 1.74. The number of hydrogen-bond donors (Lipinski definition) is 1. The molecule has 1 heterocycles. The summed E-state index contributed by atoms with van der Waals surface area (Å²) in [4.78, 5) is 2.55. The fourth-order valence-electron chi connectivity index (χ4n) is 4.21. The van der Waals surface area contributed by atoms with Crippen LogP contribution in [0, 0.1) is 5.92 Å². The first-order chi connectivity index (χ1) is 9.70. The molecule has 1 aliphatic heterocycles. The van der Waals surface area contributed by atoms with Gasteiger partial charge in [-0.2, -0.15) is 0 Å². The van der Waals surface area contributed by atoms with Gasteiger partial charge in [0.1, 0.15) is 0 Å². The molecule has 1 aromatic rings. The van der Waals surface area contributed by atoms with Gasteiger partial charge in [0, 0.05) is 18.4 Å². The first kappa shape index (κ1) is 14.1. The largest absolute Gasteiger partial charge is 0.389 e. The second-order valence-corrected chi connectivity index (χ2v) is 6.72. The van der Waals surface area contributed by atoms with Gasteiger partial charge >= 0.3 is 0 Å². The van der Waals surface area contributed by atoms with Gasteiger partial charge < -0.3 is 10.0 Å². The molecule has 1 saturated carbocycles. The van der Waals surface area contributed by atoms with Crippen molar-refractivity contribution in [3.8, 4) is 0 Å². The highest BCUT2D eigenvalue weighted by Gasteiger charge is 2.46. The topological polar surface area (TPSA) is 23.5 Å². The molecular weight excluding hydrogens is 246 g/mol. The zero-order valence-electron chi connectivity index (χ0n) is 12.6. The van der Waals surface area contributed by atoms with E-state index in [0.29, 0.717) is 5.92 Å². The quantitative estimate of drug-likeness (QED) is 0.908. The van der Waals surface area contributed by atoms with Crippen molar-refractivity contribution in [1.29, 1.82) is 0 Å².